The summed E-state index contributed by atoms with van der Waals surface area (Å²) in [6.45, 7) is 2.06. The van der Waals surface area contributed by atoms with Gasteiger partial charge in [0.05, 0.1) is 0 Å². The second kappa shape index (κ2) is 5.39. The van der Waals surface area contributed by atoms with Gasteiger partial charge >= 0.3 is 0 Å². The topological polar surface area (TPSA) is 0 Å². The molecule has 2 heteroatoms. The Morgan fingerprint density at radius 2 is 1.94 bits per heavy atom. The fraction of sp³-hybridized carbons (Fsp3) is 0.600. The predicted molar refractivity (Wildman–Crippen MR) is 71.1 cm³/mol. The molecule has 1 aromatic carbocycles. The van der Waals surface area contributed by atoms with Gasteiger partial charge < -0.3 is 0 Å². The molecule has 0 aromatic heterocycles. The number of benzene rings is 1. The monoisotopic (exact) mass is 254 g/mol. The lowest BCUT2D eigenvalue weighted by molar-refractivity contribution is 0.219. The average Bonchev–Trinajstić information content (AvgIpc) is 2.35. The largest absolute Gasteiger partial charge is 0.207 e. The molecule has 0 amide bonds. The molecule has 1 fully saturated rings. The molecular formula is C15H20ClF. The lowest BCUT2D eigenvalue weighted by atomic mass is 9.71. The van der Waals surface area contributed by atoms with Gasteiger partial charge in [-0.2, -0.15) is 0 Å². The maximum Gasteiger partial charge on any atom is 0.123 e. The highest BCUT2D eigenvalue weighted by Gasteiger charge is 2.31. The first kappa shape index (κ1) is 12.9. The molecule has 0 bridgehead atoms. The van der Waals surface area contributed by atoms with Crippen LogP contribution in [0.2, 0.25) is 0 Å². The van der Waals surface area contributed by atoms with Crippen LogP contribution in [0.1, 0.15) is 43.2 Å². The smallest absolute Gasteiger partial charge is 0.123 e. The average molecular weight is 255 g/mol. The lowest BCUT2D eigenvalue weighted by Gasteiger charge is -2.36. The second-order valence-electron chi connectivity index (χ2n) is 5.44. The van der Waals surface area contributed by atoms with E-state index in [1.165, 1.54) is 43.7 Å². The number of aryl methyl sites for hydroxylation is 1. The number of halogens is 2. The summed E-state index contributed by atoms with van der Waals surface area (Å²) in [5, 5.41) is 0. The Labute approximate surface area is 108 Å². The van der Waals surface area contributed by atoms with E-state index in [1.54, 1.807) is 6.07 Å². The molecule has 17 heavy (non-hydrogen) atoms. The van der Waals surface area contributed by atoms with Crippen LogP contribution in [0.4, 0.5) is 4.39 Å². The standard InChI is InChI=1S/C15H20ClF/c1-12-5-6-14(17)9-13(12)10-15(11-16)7-3-2-4-8-15/h5-6,9H,2-4,7-8,10-11H2,1H3. The Morgan fingerprint density at radius 3 is 2.59 bits per heavy atom. The Hall–Kier alpha value is -0.560. The molecule has 1 aliphatic carbocycles. The van der Waals surface area contributed by atoms with E-state index in [4.69, 9.17) is 11.6 Å². The highest BCUT2D eigenvalue weighted by Crippen LogP contribution is 2.40. The van der Waals surface area contributed by atoms with Crippen molar-refractivity contribution >= 4 is 11.6 Å². The Morgan fingerprint density at radius 1 is 1.24 bits per heavy atom. The molecule has 2 rings (SSSR count). The Balaban J connectivity index is 2.20. The third-order valence-electron chi connectivity index (χ3n) is 4.07. The molecular weight excluding hydrogens is 235 g/mol. The van der Waals surface area contributed by atoms with Gasteiger partial charge in [-0.05, 0) is 54.9 Å². The summed E-state index contributed by atoms with van der Waals surface area (Å²) in [6, 6.07) is 5.08. The summed E-state index contributed by atoms with van der Waals surface area (Å²) in [7, 11) is 0. The normalized spacial score (nSPS) is 19.2. The zero-order valence-electron chi connectivity index (χ0n) is 10.4. The van der Waals surface area contributed by atoms with E-state index in [0.717, 1.165) is 12.0 Å². The number of alkyl halides is 1. The highest BCUT2D eigenvalue weighted by atomic mass is 35.5. The van der Waals surface area contributed by atoms with Crippen molar-refractivity contribution in [2.45, 2.75) is 45.4 Å². The van der Waals surface area contributed by atoms with Gasteiger partial charge in [0.25, 0.3) is 0 Å². The summed E-state index contributed by atoms with van der Waals surface area (Å²) in [5.74, 6) is 0.564. The van der Waals surface area contributed by atoms with Crippen molar-refractivity contribution in [1.29, 1.82) is 0 Å². The van der Waals surface area contributed by atoms with E-state index in [0.29, 0.717) is 5.88 Å². The minimum atomic E-state index is -0.133. The van der Waals surface area contributed by atoms with Crippen molar-refractivity contribution in [1.82, 2.24) is 0 Å². The van der Waals surface area contributed by atoms with E-state index < -0.39 is 0 Å². The maximum atomic E-state index is 13.3. The van der Waals surface area contributed by atoms with Crippen LogP contribution in [0.25, 0.3) is 0 Å². The molecule has 1 aromatic rings. The Bertz CT molecular complexity index is 381. The van der Waals surface area contributed by atoms with Gasteiger partial charge in [-0.25, -0.2) is 4.39 Å². The summed E-state index contributed by atoms with van der Waals surface area (Å²) in [4.78, 5) is 0. The minimum absolute atomic E-state index is 0.133. The fourth-order valence-electron chi connectivity index (χ4n) is 2.89. The van der Waals surface area contributed by atoms with Crippen molar-refractivity contribution in [2.24, 2.45) is 5.41 Å². The molecule has 0 unspecified atom stereocenters. The van der Waals surface area contributed by atoms with Crippen LogP contribution in [0.15, 0.2) is 18.2 Å². The van der Waals surface area contributed by atoms with Crippen LogP contribution in [-0.2, 0) is 6.42 Å². The van der Waals surface area contributed by atoms with Crippen molar-refractivity contribution < 1.29 is 4.39 Å². The molecule has 0 spiro atoms. The SMILES string of the molecule is Cc1ccc(F)cc1CC1(CCl)CCCCC1. The zero-order valence-corrected chi connectivity index (χ0v) is 11.2. The van der Waals surface area contributed by atoms with Crippen LogP contribution in [0.3, 0.4) is 0 Å². The summed E-state index contributed by atoms with van der Waals surface area (Å²) < 4.78 is 13.3. The third-order valence-corrected chi connectivity index (χ3v) is 4.64. The third kappa shape index (κ3) is 3.01. The van der Waals surface area contributed by atoms with Gasteiger partial charge in [-0.15, -0.1) is 11.6 Å². The molecule has 0 aliphatic heterocycles. The molecule has 1 saturated carbocycles. The zero-order chi connectivity index (χ0) is 12.3. The van der Waals surface area contributed by atoms with Crippen LogP contribution in [-0.4, -0.2) is 5.88 Å². The van der Waals surface area contributed by atoms with Crippen molar-refractivity contribution in [3.05, 3.63) is 35.1 Å². The van der Waals surface area contributed by atoms with Crippen molar-refractivity contribution in [2.75, 3.05) is 5.88 Å². The summed E-state index contributed by atoms with van der Waals surface area (Å²) in [5.41, 5.74) is 2.52. The second-order valence-corrected chi connectivity index (χ2v) is 5.71. The van der Waals surface area contributed by atoms with Crippen LogP contribution in [0, 0.1) is 18.2 Å². The molecule has 0 saturated heterocycles. The molecule has 0 atom stereocenters. The molecule has 0 nitrogen and oxygen atoms in total. The van der Waals surface area contributed by atoms with Gasteiger partial charge in [0.1, 0.15) is 5.82 Å². The maximum absolute atomic E-state index is 13.3. The van der Waals surface area contributed by atoms with Gasteiger partial charge in [-0.3, -0.25) is 0 Å². The molecule has 0 radical (unpaired) electrons. The van der Waals surface area contributed by atoms with Gasteiger partial charge in [0, 0.05) is 5.88 Å². The van der Waals surface area contributed by atoms with E-state index in [9.17, 15) is 4.39 Å². The van der Waals surface area contributed by atoms with Crippen LogP contribution < -0.4 is 0 Å². The summed E-state index contributed by atoms with van der Waals surface area (Å²) >= 11 is 6.19. The quantitative estimate of drug-likeness (QED) is 0.676. The van der Waals surface area contributed by atoms with E-state index in [1.807, 2.05) is 6.07 Å². The first-order valence-corrected chi connectivity index (χ1v) is 7.00. The van der Waals surface area contributed by atoms with Gasteiger partial charge in [0.15, 0.2) is 0 Å². The predicted octanol–water partition coefficient (Wildman–Crippen LogP) is 4.87. The van der Waals surface area contributed by atoms with Crippen LogP contribution >= 0.6 is 11.6 Å². The molecule has 1 aliphatic rings. The van der Waals surface area contributed by atoms with Gasteiger partial charge in [0.2, 0.25) is 0 Å². The first-order valence-electron chi connectivity index (χ1n) is 6.46. The first-order chi connectivity index (χ1) is 8.15. The molecule has 0 N–H and O–H groups in total. The minimum Gasteiger partial charge on any atom is -0.207 e. The lowest BCUT2D eigenvalue weighted by Crippen LogP contribution is -2.29. The highest BCUT2D eigenvalue weighted by molar-refractivity contribution is 6.18. The Kier molecular flexibility index (Phi) is 4.09. The fourth-order valence-corrected chi connectivity index (χ4v) is 3.26. The number of hydrogen-bond donors (Lipinski definition) is 0. The number of rotatable bonds is 3. The van der Waals surface area contributed by atoms with E-state index in [2.05, 4.69) is 6.92 Å². The van der Waals surface area contributed by atoms with Crippen molar-refractivity contribution in [3.8, 4) is 0 Å². The van der Waals surface area contributed by atoms with Crippen LogP contribution in [0.5, 0.6) is 0 Å². The number of hydrogen-bond acceptors (Lipinski definition) is 0. The van der Waals surface area contributed by atoms with E-state index in [-0.39, 0.29) is 11.2 Å². The molecule has 94 valence electrons. The van der Waals surface area contributed by atoms with E-state index >= 15 is 0 Å². The molecule has 0 heterocycles. The van der Waals surface area contributed by atoms with Crippen molar-refractivity contribution in [3.63, 3.8) is 0 Å². The summed E-state index contributed by atoms with van der Waals surface area (Å²) in [6.07, 6.45) is 7.15. The van der Waals surface area contributed by atoms with Gasteiger partial charge in [-0.1, -0.05) is 25.3 Å².